The molecular weight excluding hydrogens is 253 g/mol. The van der Waals surface area contributed by atoms with Crippen molar-refractivity contribution in [1.29, 1.82) is 0 Å². The topological polar surface area (TPSA) is 51.8 Å². The van der Waals surface area contributed by atoms with Gasteiger partial charge in [0.15, 0.2) is 4.73 Å². The van der Waals surface area contributed by atoms with Crippen LogP contribution in [0.3, 0.4) is 0 Å². The molecule has 66 valence electrons. The highest BCUT2D eigenvalue weighted by Gasteiger charge is 2.05. The maximum atomic E-state index is 5.94. The van der Waals surface area contributed by atoms with E-state index in [-0.39, 0.29) is 0 Å². The summed E-state index contributed by atoms with van der Waals surface area (Å²) in [6, 6.07) is 5.42. The second-order valence-corrected chi connectivity index (χ2v) is 3.63. The minimum atomic E-state index is 0.391. The van der Waals surface area contributed by atoms with Crippen molar-refractivity contribution in [2.45, 2.75) is 0 Å². The molecule has 3 nitrogen and oxygen atoms in total. The summed E-state index contributed by atoms with van der Waals surface area (Å²) in [4.78, 5) is 8.10. The molecule has 0 amide bonds. The highest BCUT2D eigenvalue weighted by molar-refractivity contribution is 9.10. The molecule has 0 unspecified atom stereocenters. The van der Waals surface area contributed by atoms with Crippen LogP contribution in [-0.4, -0.2) is 9.97 Å². The number of hydrogen-bond donors (Lipinski definition) is 1. The van der Waals surface area contributed by atoms with Gasteiger partial charge in [-0.25, -0.2) is 9.97 Å². The van der Waals surface area contributed by atoms with Crippen molar-refractivity contribution >= 4 is 44.3 Å². The van der Waals surface area contributed by atoms with E-state index in [1.165, 1.54) is 0 Å². The fourth-order valence-corrected chi connectivity index (χ4v) is 1.79. The fourth-order valence-electron chi connectivity index (χ4n) is 1.14. The molecule has 0 aliphatic heterocycles. The van der Waals surface area contributed by atoms with E-state index >= 15 is 0 Å². The number of nitrogens with two attached hydrogens (primary N) is 1. The lowest BCUT2D eigenvalue weighted by atomic mass is 10.2. The van der Waals surface area contributed by atoms with E-state index in [9.17, 15) is 0 Å². The van der Waals surface area contributed by atoms with Crippen molar-refractivity contribution in [2.24, 2.45) is 0 Å². The van der Waals surface area contributed by atoms with Gasteiger partial charge in [-0.15, -0.1) is 0 Å². The molecule has 0 aliphatic carbocycles. The van der Waals surface area contributed by atoms with Gasteiger partial charge in [-0.1, -0.05) is 17.7 Å². The Labute approximate surface area is 88.1 Å². The van der Waals surface area contributed by atoms with Crippen LogP contribution in [0.1, 0.15) is 0 Å². The van der Waals surface area contributed by atoms with Gasteiger partial charge in [0.25, 0.3) is 0 Å². The van der Waals surface area contributed by atoms with Crippen molar-refractivity contribution < 1.29 is 0 Å². The van der Waals surface area contributed by atoms with Gasteiger partial charge in [-0.05, 0) is 28.1 Å². The summed E-state index contributed by atoms with van der Waals surface area (Å²) in [5.74, 6) is 0.391. The number of rotatable bonds is 0. The van der Waals surface area contributed by atoms with E-state index in [0.717, 1.165) is 5.52 Å². The van der Waals surface area contributed by atoms with Crippen molar-refractivity contribution in [3.63, 3.8) is 0 Å². The lowest BCUT2D eigenvalue weighted by Gasteiger charge is -2.02. The molecule has 0 fully saturated rings. The molecule has 1 aromatic carbocycles. The average Bonchev–Trinajstić information content (AvgIpc) is 2.02. The van der Waals surface area contributed by atoms with Crippen molar-refractivity contribution in [1.82, 2.24) is 9.97 Å². The molecule has 0 aliphatic rings. The van der Waals surface area contributed by atoms with Gasteiger partial charge in [0, 0.05) is 0 Å². The first-order chi connectivity index (χ1) is 6.18. The molecular formula is C8H5BrClN3. The Morgan fingerprint density at radius 2 is 2.08 bits per heavy atom. The molecule has 0 bridgehead atoms. The number of hydrogen-bond acceptors (Lipinski definition) is 3. The van der Waals surface area contributed by atoms with Crippen LogP contribution in [0.25, 0.3) is 10.9 Å². The summed E-state index contributed by atoms with van der Waals surface area (Å²) < 4.78 is 0.472. The number of benzene rings is 1. The molecule has 0 radical (unpaired) electrons. The normalized spacial score (nSPS) is 10.6. The minimum absolute atomic E-state index is 0.391. The summed E-state index contributed by atoms with van der Waals surface area (Å²) in [5, 5.41) is 1.27. The Morgan fingerprint density at radius 3 is 2.85 bits per heavy atom. The predicted molar refractivity (Wildman–Crippen MR) is 56.7 cm³/mol. The lowest BCUT2D eigenvalue weighted by Crippen LogP contribution is -1.95. The largest absolute Gasteiger partial charge is 0.383 e. The second-order valence-electron chi connectivity index (χ2n) is 2.51. The Balaban J connectivity index is 2.94. The lowest BCUT2D eigenvalue weighted by molar-refractivity contribution is 1.17. The van der Waals surface area contributed by atoms with Crippen molar-refractivity contribution in [3.8, 4) is 0 Å². The number of aromatic nitrogens is 2. The zero-order valence-electron chi connectivity index (χ0n) is 6.46. The van der Waals surface area contributed by atoms with E-state index in [1.807, 2.05) is 12.1 Å². The molecule has 1 aromatic heterocycles. The number of halogens is 2. The van der Waals surface area contributed by atoms with E-state index in [1.54, 1.807) is 6.07 Å². The number of anilines is 1. The quantitative estimate of drug-likeness (QED) is 0.739. The molecule has 13 heavy (non-hydrogen) atoms. The molecule has 0 spiro atoms. The smallest absolute Gasteiger partial charge is 0.199 e. The van der Waals surface area contributed by atoms with Crippen LogP contribution in [0, 0.1) is 0 Å². The Kier molecular flexibility index (Phi) is 2.09. The summed E-state index contributed by atoms with van der Waals surface area (Å²) in [5.41, 5.74) is 6.43. The minimum Gasteiger partial charge on any atom is -0.383 e. The summed E-state index contributed by atoms with van der Waals surface area (Å²) in [6.45, 7) is 0. The first kappa shape index (κ1) is 8.72. The van der Waals surface area contributed by atoms with E-state index < -0.39 is 0 Å². The molecule has 1 heterocycles. The number of fused-ring (bicyclic) bond motifs is 1. The Hall–Kier alpha value is -0.870. The highest BCUT2D eigenvalue weighted by atomic mass is 79.9. The third kappa shape index (κ3) is 1.47. The zero-order chi connectivity index (χ0) is 9.42. The van der Waals surface area contributed by atoms with Crippen LogP contribution in [0.2, 0.25) is 5.02 Å². The summed E-state index contributed by atoms with van der Waals surface area (Å²) in [7, 11) is 0. The summed E-state index contributed by atoms with van der Waals surface area (Å²) in [6.07, 6.45) is 0. The zero-order valence-corrected chi connectivity index (χ0v) is 8.80. The van der Waals surface area contributed by atoms with Crippen LogP contribution in [0.5, 0.6) is 0 Å². The SMILES string of the molecule is Nc1nc(Br)nc2cccc(Cl)c12. The third-order valence-corrected chi connectivity index (χ3v) is 2.34. The molecule has 2 N–H and O–H groups in total. The Morgan fingerprint density at radius 1 is 1.31 bits per heavy atom. The van der Waals surface area contributed by atoms with Crippen LogP contribution in [-0.2, 0) is 0 Å². The molecule has 0 atom stereocenters. The molecule has 0 saturated heterocycles. The maximum Gasteiger partial charge on any atom is 0.199 e. The molecule has 5 heteroatoms. The first-order valence-corrected chi connectivity index (χ1v) is 4.73. The molecule has 2 rings (SSSR count). The monoisotopic (exact) mass is 257 g/mol. The van der Waals surface area contributed by atoms with Gasteiger partial charge in [-0.2, -0.15) is 0 Å². The Bertz CT molecular complexity index is 472. The van der Waals surface area contributed by atoms with Crippen LogP contribution < -0.4 is 5.73 Å². The van der Waals surface area contributed by atoms with E-state index in [0.29, 0.717) is 21.0 Å². The van der Waals surface area contributed by atoms with Crippen LogP contribution >= 0.6 is 27.5 Å². The van der Waals surface area contributed by atoms with Crippen molar-refractivity contribution in [2.75, 3.05) is 5.73 Å². The highest BCUT2D eigenvalue weighted by Crippen LogP contribution is 2.26. The van der Waals surface area contributed by atoms with Gasteiger partial charge in [-0.3, -0.25) is 0 Å². The van der Waals surface area contributed by atoms with Crippen LogP contribution in [0.4, 0.5) is 5.82 Å². The van der Waals surface area contributed by atoms with Gasteiger partial charge in [0.2, 0.25) is 0 Å². The maximum absolute atomic E-state index is 5.94. The average molecular weight is 259 g/mol. The third-order valence-electron chi connectivity index (χ3n) is 1.67. The van der Waals surface area contributed by atoms with E-state index in [2.05, 4.69) is 25.9 Å². The first-order valence-electron chi connectivity index (χ1n) is 3.56. The number of nitrogen functional groups attached to an aromatic ring is 1. The van der Waals surface area contributed by atoms with Gasteiger partial charge in [0.05, 0.1) is 15.9 Å². The predicted octanol–water partition coefficient (Wildman–Crippen LogP) is 2.63. The fraction of sp³-hybridized carbons (Fsp3) is 0. The number of nitrogens with zero attached hydrogens (tertiary/aromatic N) is 2. The van der Waals surface area contributed by atoms with Gasteiger partial charge >= 0.3 is 0 Å². The van der Waals surface area contributed by atoms with Gasteiger partial charge in [0.1, 0.15) is 5.82 Å². The molecule has 2 aromatic rings. The standard InChI is InChI=1S/C8H5BrClN3/c9-8-12-5-3-1-2-4(10)6(5)7(11)13-8/h1-3H,(H2,11,12,13). The van der Waals surface area contributed by atoms with Gasteiger partial charge < -0.3 is 5.73 Å². The van der Waals surface area contributed by atoms with Crippen LogP contribution in [0.15, 0.2) is 22.9 Å². The van der Waals surface area contributed by atoms with E-state index in [4.69, 9.17) is 17.3 Å². The second kappa shape index (κ2) is 3.12. The molecule has 0 saturated carbocycles. The van der Waals surface area contributed by atoms with Crippen molar-refractivity contribution in [3.05, 3.63) is 28.0 Å². The summed E-state index contributed by atoms with van der Waals surface area (Å²) >= 11 is 9.10.